The van der Waals surface area contributed by atoms with Gasteiger partial charge in [-0.3, -0.25) is 9.59 Å². The first-order valence-electron chi connectivity index (χ1n) is 6.65. The van der Waals surface area contributed by atoms with Gasteiger partial charge in [0, 0.05) is 22.2 Å². The van der Waals surface area contributed by atoms with Gasteiger partial charge in [-0.2, -0.15) is 0 Å². The van der Waals surface area contributed by atoms with Gasteiger partial charge in [0.05, 0.1) is 13.0 Å². The fourth-order valence-electron chi connectivity index (χ4n) is 2.52. The summed E-state index contributed by atoms with van der Waals surface area (Å²) in [5.74, 6) is -0.668. The van der Waals surface area contributed by atoms with Crippen molar-refractivity contribution in [2.75, 3.05) is 18.6 Å². The van der Waals surface area contributed by atoms with Crippen LogP contribution in [0, 0.1) is 16.4 Å². The van der Waals surface area contributed by atoms with E-state index >= 15 is 0 Å². The fourth-order valence-corrected chi connectivity index (χ4v) is 3.21. The highest BCUT2D eigenvalue weighted by Gasteiger charge is 2.36. The van der Waals surface area contributed by atoms with Gasteiger partial charge in [-0.05, 0) is 59.2 Å². The number of rotatable bonds is 3. The Balaban J connectivity index is 2.31. The van der Waals surface area contributed by atoms with Crippen molar-refractivity contribution in [1.82, 2.24) is 0 Å². The Morgan fingerprint density at radius 2 is 2.20 bits per heavy atom. The molecule has 4 nitrogen and oxygen atoms in total. The van der Waals surface area contributed by atoms with Crippen LogP contribution in [-0.2, 0) is 20.7 Å². The number of esters is 1. The molecule has 1 unspecified atom stereocenters. The van der Waals surface area contributed by atoms with Crippen LogP contribution in [0.4, 0.5) is 5.69 Å². The molecule has 2 rings (SSSR count). The van der Waals surface area contributed by atoms with E-state index in [4.69, 9.17) is 4.74 Å². The molecule has 5 heteroatoms. The third-order valence-electron chi connectivity index (χ3n) is 3.67. The Hall–Kier alpha value is -1.11. The predicted octanol–water partition coefficient (Wildman–Crippen LogP) is 2.69. The maximum Gasteiger partial charge on any atom is 0.311 e. The average molecular weight is 387 g/mol. The smallest absolute Gasteiger partial charge is 0.311 e. The zero-order valence-corrected chi connectivity index (χ0v) is 14.1. The zero-order valence-electron chi connectivity index (χ0n) is 11.9. The molecule has 0 aliphatic carbocycles. The third kappa shape index (κ3) is 2.82. The summed E-state index contributed by atoms with van der Waals surface area (Å²) in [4.78, 5) is 25.4. The number of aryl methyl sites for hydroxylation is 2. The van der Waals surface area contributed by atoms with Gasteiger partial charge in [0.1, 0.15) is 0 Å². The van der Waals surface area contributed by atoms with E-state index in [1.807, 2.05) is 19.1 Å². The quantitative estimate of drug-likeness (QED) is 0.592. The summed E-state index contributed by atoms with van der Waals surface area (Å²) >= 11 is 2.33. The zero-order chi connectivity index (χ0) is 14.9. The van der Waals surface area contributed by atoms with Gasteiger partial charge in [-0.1, -0.05) is 6.92 Å². The number of benzene rings is 1. The number of halogens is 1. The fraction of sp³-hybridized carbons (Fsp3) is 0.467. The molecule has 1 saturated heterocycles. The number of carbonyl (C=O) groups is 2. The number of carbonyl (C=O) groups excluding carboxylic acids is 2. The normalized spacial score (nSPS) is 18.5. The first kappa shape index (κ1) is 15.3. The van der Waals surface area contributed by atoms with E-state index in [9.17, 15) is 9.59 Å². The van der Waals surface area contributed by atoms with E-state index in [2.05, 4.69) is 29.5 Å². The van der Waals surface area contributed by atoms with Crippen LogP contribution in [0.3, 0.4) is 0 Å². The minimum atomic E-state index is -0.350. The summed E-state index contributed by atoms with van der Waals surface area (Å²) in [6.07, 6.45) is 1.16. The van der Waals surface area contributed by atoms with E-state index in [1.165, 1.54) is 16.2 Å². The molecule has 0 saturated carbocycles. The highest BCUT2D eigenvalue weighted by Crippen LogP contribution is 2.30. The van der Waals surface area contributed by atoms with Crippen LogP contribution in [0.1, 0.15) is 24.5 Å². The summed E-state index contributed by atoms with van der Waals surface area (Å²) in [5.41, 5.74) is 3.28. The van der Waals surface area contributed by atoms with Crippen molar-refractivity contribution in [1.29, 1.82) is 0 Å². The molecule has 1 aliphatic rings. The van der Waals surface area contributed by atoms with Gasteiger partial charge in [-0.25, -0.2) is 0 Å². The van der Waals surface area contributed by atoms with Crippen molar-refractivity contribution in [2.24, 2.45) is 5.92 Å². The number of methoxy groups -OCH3 is 1. The standard InChI is InChI=1S/C15H18INO3/c1-4-10-6-12(5-9(2)14(10)16)17-8-11(7-13(17)18)15(19)20-3/h5-6,11H,4,7-8H2,1-3H3. The number of hydrogen-bond acceptors (Lipinski definition) is 3. The van der Waals surface area contributed by atoms with Crippen LogP contribution in [0.25, 0.3) is 0 Å². The number of ether oxygens (including phenoxy) is 1. The number of anilines is 1. The molecule has 1 atom stereocenters. The molecule has 0 N–H and O–H groups in total. The van der Waals surface area contributed by atoms with Crippen molar-refractivity contribution in [3.63, 3.8) is 0 Å². The largest absolute Gasteiger partial charge is 0.469 e. The highest BCUT2D eigenvalue weighted by atomic mass is 127. The molecule has 1 aromatic rings. The van der Waals surface area contributed by atoms with Gasteiger partial charge in [0.2, 0.25) is 5.91 Å². The second-order valence-corrected chi connectivity index (χ2v) is 6.10. The van der Waals surface area contributed by atoms with E-state index in [0.717, 1.165) is 17.7 Å². The van der Waals surface area contributed by atoms with Crippen LogP contribution < -0.4 is 4.90 Å². The SMILES string of the molecule is CCc1cc(N2CC(C(=O)OC)CC2=O)cc(C)c1I. The lowest BCUT2D eigenvalue weighted by Crippen LogP contribution is -2.26. The second-order valence-electron chi connectivity index (χ2n) is 5.02. The maximum absolute atomic E-state index is 12.1. The minimum absolute atomic E-state index is 0.0111. The lowest BCUT2D eigenvalue weighted by molar-refractivity contribution is -0.145. The molecule has 1 fully saturated rings. The molecule has 0 radical (unpaired) electrons. The van der Waals surface area contributed by atoms with E-state index in [0.29, 0.717) is 6.54 Å². The third-order valence-corrected chi connectivity index (χ3v) is 5.21. The Kier molecular flexibility index (Phi) is 4.67. The van der Waals surface area contributed by atoms with E-state index < -0.39 is 0 Å². The Morgan fingerprint density at radius 3 is 2.80 bits per heavy atom. The first-order chi connectivity index (χ1) is 9.47. The molecular weight excluding hydrogens is 369 g/mol. The van der Waals surface area contributed by atoms with Crippen LogP contribution in [0.2, 0.25) is 0 Å². The lowest BCUT2D eigenvalue weighted by atomic mass is 10.1. The number of nitrogens with zero attached hydrogens (tertiary/aromatic N) is 1. The molecule has 1 heterocycles. The molecule has 20 heavy (non-hydrogen) atoms. The molecule has 1 aromatic carbocycles. The maximum atomic E-state index is 12.1. The highest BCUT2D eigenvalue weighted by molar-refractivity contribution is 14.1. The van der Waals surface area contributed by atoms with Crippen molar-refractivity contribution in [3.8, 4) is 0 Å². The number of hydrogen-bond donors (Lipinski definition) is 0. The summed E-state index contributed by atoms with van der Waals surface area (Å²) in [7, 11) is 1.36. The van der Waals surface area contributed by atoms with Crippen LogP contribution in [0.15, 0.2) is 12.1 Å². The predicted molar refractivity (Wildman–Crippen MR) is 85.8 cm³/mol. The van der Waals surface area contributed by atoms with Crippen molar-refractivity contribution in [2.45, 2.75) is 26.7 Å². The first-order valence-corrected chi connectivity index (χ1v) is 7.73. The van der Waals surface area contributed by atoms with Gasteiger partial charge >= 0.3 is 5.97 Å². The van der Waals surface area contributed by atoms with Crippen LogP contribution in [-0.4, -0.2) is 25.5 Å². The molecule has 0 aromatic heterocycles. The monoisotopic (exact) mass is 387 g/mol. The van der Waals surface area contributed by atoms with Gasteiger partial charge in [0.15, 0.2) is 0 Å². The molecule has 1 aliphatic heterocycles. The Morgan fingerprint density at radius 1 is 1.50 bits per heavy atom. The van der Waals surface area contributed by atoms with E-state index in [1.54, 1.807) is 4.90 Å². The molecule has 108 valence electrons. The van der Waals surface area contributed by atoms with Crippen molar-refractivity contribution < 1.29 is 14.3 Å². The summed E-state index contributed by atoms with van der Waals surface area (Å²) in [6.45, 7) is 4.56. The Bertz CT molecular complexity index is 556. The molecule has 1 amide bonds. The van der Waals surface area contributed by atoms with Crippen molar-refractivity contribution >= 4 is 40.2 Å². The molecule has 0 spiro atoms. The van der Waals surface area contributed by atoms with Crippen LogP contribution in [0.5, 0.6) is 0 Å². The summed E-state index contributed by atoms with van der Waals surface area (Å²) < 4.78 is 5.98. The second kappa shape index (κ2) is 6.11. The Labute approximate surface area is 132 Å². The average Bonchev–Trinajstić information content (AvgIpc) is 2.83. The minimum Gasteiger partial charge on any atom is -0.469 e. The van der Waals surface area contributed by atoms with Crippen molar-refractivity contribution in [3.05, 3.63) is 26.8 Å². The molecule has 0 bridgehead atoms. The van der Waals surface area contributed by atoms with E-state index in [-0.39, 0.29) is 24.2 Å². The summed E-state index contributed by atoms with van der Waals surface area (Å²) in [5, 5.41) is 0. The topological polar surface area (TPSA) is 46.6 Å². The number of amides is 1. The molecular formula is C15H18INO3. The van der Waals surface area contributed by atoms with Gasteiger partial charge < -0.3 is 9.64 Å². The summed E-state index contributed by atoms with van der Waals surface area (Å²) in [6, 6.07) is 4.06. The van der Waals surface area contributed by atoms with Gasteiger partial charge in [-0.15, -0.1) is 0 Å². The lowest BCUT2D eigenvalue weighted by Gasteiger charge is -2.19. The van der Waals surface area contributed by atoms with Crippen LogP contribution >= 0.6 is 22.6 Å². The van der Waals surface area contributed by atoms with Gasteiger partial charge in [0.25, 0.3) is 0 Å².